The molecule has 5 nitrogen and oxygen atoms in total. The van der Waals surface area contributed by atoms with Crippen LogP contribution in [0.4, 0.5) is 17.6 Å². The summed E-state index contributed by atoms with van der Waals surface area (Å²) in [6, 6.07) is 9.33. The lowest BCUT2D eigenvalue weighted by molar-refractivity contribution is -0.192. The van der Waals surface area contributed by atoms with Crippen LogP contribution in [0.25, 0.3) is 0 Å². The lowest BCUT2D eigenvalue weighted by Gasteiger charge is -2.32. The zero-order valence-electron chi connectivity index (χ0n) is 16.4. The smallest absolute Gasteiger partial charge is 0.475 e. The first-order valence-corrected chi connectivity index (χ1v) is 9.31. The van der Waals surface area contributed by atoms with Gasteiger partial charge >= 0.3 is 12.1 Å². The van der Waals surface area contributed by atoms with E-state index in [1.807, 2.05) is 30.8 Å². The van der Waals surface area contributed by atoms with E-state index in [-0.39, 0.29) is 5.82 Å². The summed E-state index contributed by atoms with van der Waals surface area (Å²) in [6.07, 6.45) is -1.93. The van der Waals surface area contributed by atoms with Crippen LogP contribution in [0.5, 0.6) is 0 Å². The standard InChI is InChI=1S/C18H24FN3.C2HF3O2/c1-14-11-17(21(2)20-14)13-22-9-7-15(8-10-22)12-16-5-3-4-6-18(16)19;3-2(4,5)1(6)7/h3-6,11,15H,7-10,12-13H2,1-2H3;(H,6,7). The van der Waals surface area contributed by atoms with E-state index in [9.17, 15) is 17.6 Å². The number of nitrogens with zero attached hydrogens (tertiary/aromatic N) is 3. The van der Waals surface area contributed by atoms with Crippen molar-refractivity contribution in [3.05, 3.63) is 53.1 Å². The number of carboxylic acid groups (broad SMARTS) is 1. The van der Waals surface area contributed by atoms with Gasteiger partial charge < -0.3 is 5.11 Å². The second kappa shape index (κ2) is 9.87. The van der Waals surface area contributed by atoms with E-state index in [0.717, 1.165) is 50.2 Å². The van der Waals surface area contributed by atoms with E-state index in [4.69, 9.17) is 9.90 Å². The van der Waals surface area contributed by atoms with Crippen LogP contribution in [-0.4, -0.2) is 45.0 Å². The minimum absolute atomic E-state index is 0.0599. The Bertz CT molecular complexity index is 812. The van der Waals surface area contributed by atoms with Gasteiger partial charge in [-0.1, -0.05) is 18.2 Å². The SMILES string of the molecule is Cc1cc(CN2CCC(Cc3ccccc3F)CC2)n(C)n1.O=C(O)C(F)(F)F. The third-order valence-corrected chi connectivity index (χ3v) is 4.90. The third-order valence-electron chi connectivity index (χ3n) is 4.90. The number of rotatable bonds is 4. The van der Waals surface area contributed by atoms with Crippen molar-refractivity contribution in [2.75, 3.05) is 13.1 Å². The van der Waals surface area contributed by atoms with E-state index in [2.05, 4.69) is 16.1 Å². The van der Waals surface area contributed by atoms with Gasteiger partial charge in [-0.3, -0.25) is 9.58 Å². The van der Waals surface area contributed by atoms with Gasteiger partial charge in [-0.25, -0.2) is 9.18 Å². The number of alkyl halides is 3. The number of aliphatic carboxylic acids is 1. The zero-order chi connectivity index (χ0) is 21.6. The highest BCUT2D eigenvalue weighted by atomic mass is 19.4. The van der Waals surface area contributed by atoms with Gasteiger partial charge in [0, 0.05) is 13.6 Å². The van der Waals surface area contributed by atoms with Gasteiger partial charge in [-0.2, -0.15) is 18.3 Å². The van der Waals surface area contributed by atoms with Crippen LogP contribution in [0.1, 0.15) is 29.8 Å². The summed E-state index contributed by atoms with van der Waals surface area (Å²) in [5, 5.41) is 11.5. The first kappa shape index (κ1) is 22.9. The molecule has 1 aliphatic heterocycles. The highest BCUT2D eigenvalue weighted by Gasteiger charge is 2.38. The molecule has 9 heteroatoms. The average Bonchev–Trinajstić information content (AvgIpc) is 2.95. The van der Waals surface area contributed by atoms with Gasteiger partial charge in [-0.05, 0) is 62.9 Å². The number of aryl methyl sites for hydroxylation is 2. The Morgan fingerprint density at radius 3 is 2.31 bits per heavy atom. The van der Waals surface area contributed by atoms with Crippen molar-refractivity contribution in [1.82, 2.24) is 14.7 Å². The second-order valence-corrected chi connectivity index (χ2v) is 7.22. The van der Waals surface area contributed by atoms with Crippen LogP contribution >= 0.6 is 0 Å². The predicted octanol–water partition coefficient (Wildman–Crippen LogP) is 3.96. The highest BCUT2D eigenvalue weighted by molar-refractivity contribution is 5.73. The Kier molecular flexibility index (Phi) is 7.78. The lowest BCUT2D eigenvalue weighted by Crippen LogP contribution is -2.34. The topological polar surface area (TPSA) is 58.4 Å². The lowest BCUT2D eigenvalue weighted by atomic mass is 9.90. The minimum atomic E-state index is -5.08. The van der Waals surface area contributed by atoms with Crippen LogP contribution in [0.3, 0.4) is 0 Å². The molecule has 1 N–H and O–H groups in total. The maximum absolute atomic E-state index is 13.7. The summed E-state index contributed by atoms with van der Waals surface area (Å²) in [5.74, 6) is -2.22. The van der Waals surface area contributed by atoms with E-state index in [1.54, 1.807) is 12.1 Å². The fraction of sp³-hybridized carbons (Fsp3) is 0.500. The van der Waals surface area contributed by atoms with Crippen LogP contribution < -0.4 is 0 Å². The quantitative estimate of drug-likeness (QED) is 0.769. The Morgan fingerprint density at radius 1 is 1.24 bits per heavy atom. The van der Waals surface area contributed by atoms with Crippen molar-refractivity contribution >= 4 is 5.97 Å². The summed E-state index contributed by atoms with van der Waals surface area (Å²) in [5.41, 5.74) is 3.21. The number of piperidine rings is 1. The zero-order valence-corrected chi connectivity index (χ0v) is 16.4. The van der Waals surface area contributed by atoms with Crippen LogP contribution in [0.2, 0.25) is 0 Å². The molecule has 2 aromatic rings. The van der Waals surface area contributed by atoms with Crippen molar-refractivity contribution in [1.29, 1.82) is 0 Å². The fourth-order valence-electron chi connectivity index (χ4n) is 3.36. The van der Waals surface area contributed by atoms with Gasteiger partial charge in [0.1, 0.15) is 5.82 Å². The van der Waals surface area contributed by atoms with E-state index < -0.39 is 12.1 Å². The summed E-state index contributed by atoms with van der Waals surface area (Å²) in [7, 11) is 2.01. The molecule has 160 valence electrons. The van der Waals surface area contributed by atoms with Gasteiger partial charge in [-0.15, -0.1) is 0 Å². The number of likely N-dealkylation sites (tertiary alicyclic amines) is 1. The molecule has 0 saturated carbocycles. The number of hydrogen-bond acceptors (Lipinski definition) is 3. The summed E-state index contributed by atoms with van der Waals surface area (Å²) < 4.78 is 47.4. The minimum Gasteiger partial charge on any atom is -0.475 e. The van der Waals surface area contributed by atoms with Crippen LogP contribution in [0.15, 0.2) is 30.3 Å². The summed E-state index contributed by atoms with van der Waals surface area (Å²) >= 11 is 0. The van der Waals surface area contributed by atoms with Gasteiger partial charge in [0.05, 0.1) is 11.4 Å². The molecule has 0 bridgehead atoms. The monoisotopic (exact) mass is 415 g/mol. The number of carboxylic acids is 1. The number of benzene rings is 1. The Labute approximate surface area is 166 Å². The number of carbonyl (C=O) groups is 1. The molecule has 0 unspecified atom stereocenters. The predicted molar refractivity (Wildman–Crippen MR) is 99.7 cm³/mol. The molecule has 1 aromatic carbocycles. The van der Waals surface area contributed by atoms with Gasteiger partial charge in [0.2, 0.25) is 0 Å². The molecule has 1 aliphatic rings. The third kappa shape index (κ3) is 7.16. The molecule has 29 heavy (non-hydrogen) atoms. The molecule has 0 aliphatic carbocycles. The molecule has 2 heterocycles. The normalized spacial score (nSPS) is 15.7. The molecule has 1 aromatic heterocycles. The Morgan fingerprint density at radius 2 is 1.83 bits per heavy atom. The van der Waals surface area contributed by atoms with Gasteiger partial charge in [0.25, 0.3) is 0 Å². The average molecular weight is 415 g/mol. The second-order valence-electron chi connectivity index (χ2n) is 7.22. The number of halogens is 4. The number of aromatic nitrogens is 2. The maximum Gasteiger partial charge on any atom is 0.490 e. The van der Waals surface area contributed by atoms with E-state index in [0.29, 0.717) is 5.92 Å². The van der Waals surface area contributed by atoms with Crippen LogP contribution in [0, 0.1) is 18.7 Å². The molecule has 0 atom stereocenters. The molecular weight excluding hydrogens is 390 g/mol. The summed E-state index contributed by atoms with van der Waals surface area (Å²) in [4.78, 5) is 11.4. The molecule has 0 spiro atoms. The number of hydrogen-bond donors (Lipinski definition) is 1. The Hall–Kier alpha value is -2.42. The molecule has 0 radical (unpaired) electrons. The Balaban J connectivity index is 0.000000370. The first-order valence-electron chi connectivity index (χ1n) is 9.31. The molecule has 1 fully saturated rings. The molecule has 3 rings (SSSR count). The van der Waals surface area contributed by atoms with E-state index >= 15 is 0 Å². The molecular formula is C20H25F4N3O2. The van der Waals surface area contributed by atoms with Crippen molar-refractivity contribution in [3.63, 3.8) is 0 Å². The van der Waals surface area contributed by atoms with Crippen molar-refractivity contribution in [2.24, 2.45) is 13.0 Å². The van der Waals surface area contributed by atoms with Gasteiger partial charge in [0.15, 0.2) is 0 Å². The van der Waals surface area contributed by atoms with Crippen molar-refractivity contribution in [3.8, 4) is 0 Å². The van der Waals surface area contributed by atoms with E-state index in [1.165, 1.54) is 5.69 Å². The molecule has 1 saturated heterocycles. The highest BCUT2D eigenvalue weighted by Crippen LogP contribution is 2.24. The summed E-state index contributed by atoms with van der Waals surface area (Å²) in [6.45, 7) is 5.17. The fourth-order valence-corrected chi connectivity index (χ4v) is 3.36. The maximum atomic E-state index is 13.7. The largest absolute Gasteiger partial charge is 0.490 e. The molecule has 0 amide bonds. The van der Waals surface area contributed by atoms with Crippen molar-refractivity contribution < 1.29 is 27.5 Å². The van der Waals surface area contributed by atoms with Crippen molar-refractivity contribution in [2.45, 2.75) is 38.9 Å². The first-order chi connectivity index (χ1) is 13.6. The van der Waals surface area contributed by atoms with Crippen LogP contribution in [-0.2, 0) is 24.8 Å².